The third-order valence-electron chi connectivity index (χ3n) is 1.86. The molecular formula is C10H8BrClOS. The maximum Gasteiger partial charge on any atom is 0.130 e. The lowest BCUT2D eigenvalue weighted by Gasteiger charge is -2.05. The maximum absolute atomic E-state index is 6.08. The number of ether oxygens (including phenoxy) is 1. The van der Waals surface area contributed by atoms with Gasteiger partial charge in [-0.15, -0.1) is 11.3 Å². The highest BCUT2D eigenvalue weighted by atomic mass is 79.9. The van der Waals surface area contributed by atoms with Crippen molar-refractivity contribution < 1.29 is 4.74 Å². The minimum absolute atomic E-state index is 0.651. The van der Waals surface area contributed by atoms with Gasteiger partial charge in [0.1, 0.15) is 5.75 Å². The van der Waals surface area contributed by atoms with E-state index in [0.717, 1.165) is 25.3 Å². The number of hydrogen-bond donors (Lipinski definition) is 0. The third-order valence-corrected chi connectivity index (χ3v) is 3.67. The molecule has 0 spiro atoms. The Labute approximate surface area is 99.8 Å². The van der Waals surface area contributed by atoms with Gasteiger partial charge in [0, 0.05) is 14.6 Å². The highest BCUT2D eigenvalue weighted by molar-refractivity contribution is 9.10. The van der Waals surface area contributed by atoms with Crippen LogP contribution in [-0.2, 0) is 0 Å². The van der Waals surface area contributed by atoms with E-state index in [2.05, 4.69) is 22.0 Å². The first-order chi connectivity index (χ1) is 6.72. The molecule has 2 rings (SSSR count). The van der Waals surface area contributed by atoms with Gasteiger partial charge in [-0.3, -0.25) is 0 Å². The molecule has 1 aromatic carbocycles. The molecule has 0 saturated heterocycles. The molecule has 0 atom stereocenters. The van der Waals surface area contributed by atoms with E-state index in [4.69, 9.17) is 16.3 Å². The summed E-state index contributed by atoms with van der Waals surface area (Å²) in [6, 6.07) is 4.00. The Hall–Kier alpha value is -0.250. The summed E-state index contributed by atoms with van der Waals surface area (Å²) in [5.41, 5.74) is 0. The molecule has 4 heteroatoms. The second kappa shape index (κ2) is 4.09. The first-order valence-electron chi connectivity index (χ1n) is 4.21. The zero-order valence-electron chi connectivity index (χ0n) is 7.51. The van der Waals surface area contributed by atoms with E-state index in [1.54, 1.807) is 11.3 Å². The van der Waals surface area contributed by atoms with Crippen molar-refractivity contribution in [3.63, 3.8) is 0 Å². The van der Waals surface area contributed by atoms with Gasteiger partial charge in [-0.1, -0.05) is 27.5 Å². The van der Waals surface area contributed by atoms with Crippen LogP contribution < -0.4 is 4.74 Å². The average Bonchev–Trinajstić information content (AvgIpc) is 2.48. The lowest BCUT2D eigenvalue weighted by atomic mass is 10.2. The van der Waals surface area contributed by atoms with Gasteiger partial charge in [0.05, 0.1) is 17.0 Å². The molecule has 0 fully saturated rings. The molecule has 0 aliphatic rings. The van der Waals surface area contributed by atoms with Crippen molar-refractivity contribution in [1.29, 1.82) is 0 Å². The van der Waals surface area contributed by atoms with E-state index in [1.807, 2.05) is 18.4 Å². The van der Waals surface area contributed by atoms with Gasteiger partial charge in [0.15, 0.2) is 0 Å². The Morgan fingerprint density at radius 1 is 1.50 bits per heavy atom. The highest BCUT2D eigenvalue weighted by Crippen LogP contribution is 2.39. The molecule has 0 aliphatic heterocycles. The second-order valence-electron chi connectivity index (χ2n) is 2.79. The van der Waals surface area contributed by atoms with Crippen molar-refractivity contribution in [3.05, 3.63) is 27.0 Å². The van der Waals surface area contributed by atoms with Crippen LogP contribution in [0.1, 0.15) is 6.92 Å². The van der Waals surface area contributed by atoms with E-state index in [0.29, 0.717) is 6.61 Å². The van der Waals surface area contributed by atoms with E-state index >= 15 is 0 Å². The molecule has 0 saturated carbocycles. The summed E-state index contributed by atoms with van der Waals surface area (Å²) in [5, 5.41) is 3.71. The third kappa shape index (κ3) is 1.76. The Bertz CT molecular complexity index is 466. The smallest absolute Gasteiger partial charge is 0.130 e. The van der Waals surface area contributed by atoms with Gasteiger partial charge in [0.2, 0.25) is 0 Å². The monoisotopic (exact) mass is 290 g/mol. The fourth-order valence-corrected chi connectivity index (χ4v) is 3.17. The molecule has 0 N–H and O–H groups in total. The standard InChI is InChI=1S/C10H8BrClOS/c1-2-13-8-3-6(11)4-9-10(8)7(12)5-14-9/h3-5H,2H2,1H3. The molecular weight excluding hydrogens is 284 g/mol. The first kappa shape index (κ1) is 10.3. The number of fused-ring (bicyclic) bond motifs is 1. The van der Waals surface area contributed by atoms with Crippen LogP contribution in [0.2, 0.25) is 5.02 Å². The summed E-state index contributed by atoms with van der Waals surface area (Å²) >= 11 is 11.2. The van der Waals surface area contributed by atoms with Crippen LogP contribution in [0.3, 0.4) is 0 Å². The molecule has 0 bridgehead atoms. The molecule has 1 aromatic heterocycles. The summed E-state index contributed by atoms with van der Waals surface area (Å²) in [7, 11) is 0. The van der Waals surface area contributed by atoms with Crippen LogP contribution in [0.4, 0.5) is 0 Å². The van der Waals surface area contributed by atoms with Crippen molar-refractivity contribution in [2.24, 2.45) is 0 Å². The zero-order valence-corrected chi connectivity index (χ0v) is 10.7. The van der Waals surface area contributed by atoms with Gasteiger partial charge in [0.25, 0.3) is 0 Å². The second-order valence-corrected chi connectivity index (χ2v) is 5.03. The topological polar surface area (TPSA) is 9.23 Å². The Kier molecular flexibility index (Phi) is 3.00. The Morgan fingerprint density at radius 3 is 3.00 bits per heavy atom. The van der Waals surface area contributed by atoms with Crippen molar-refractivity contribution in [2.45, 2.75) is 6.92 Å². The fraction of sp³-hybridized carbons (Fsp3) is 0.200. The molecule has 74 valence electrons. The average molecular weight is 292 g/mol. The van der Waals surface area contributed by atoms with E-state index in [-0.39, 0.29) is 0 Å². The number of hydrogen-bond acceptors (Lipinski definition) is 2. The zero-order chi connectivity index (χ0) is 10.1. The molecule has 14 heavy (non-hydrogen) atoms. The van der Waals surface area contributed by atoms with Crippen LogP contribution >= 0.6 is 38.9 Å². The summed E-state index contributed by atoms with van der Waals surface area (Å²) in [6.07, 6.45) is 0. The van der Waals surface area contributed by atoms with Crippen LogP contribution in [0, 0.1) is 0 Å². The summed E-state index contributed by atoms with van der Waals surface area (Å²) in [5.74, 6) is 0.850. The predicted octanol–water partition coefficient (Wildman–Crippen LogP) is 4.72. The van der Waals surface area contributed by atoms with Crippen LogP contribution in [0.25, 0.3) is 10.1 Å². The fourth-order valence-electron chi connectivity index (χ4n) is 1.33. The summed E-state index contributed by atoms with van der Waals surface area (Å²) in [4.78, 5) is 0. The molecule has 2 aromatic rings. The minimum atomic E-state index is 0.651. The number of thiophene rings is 1. The van der Waals surface area contributed by atoms with Gasteiger partial charge in [-0.25, -0.2) is 0 Å². The quantitative estimate of drug-likeness (QED) is 0.778. The van der Waals surface area contributed by atoms with Crippen LogP contribution in [0.15, 0.2) is 22.0 Å². The molecule has 1 heterocycles. The van der Waals surface area contributed by atoms with Crippen molar-refractivity contribution in [3.8, 4) is 5.75 Å². The lowest BCUT2D eigenvalue weighted by Crippen LogP contribution is -1.91. The van der Waals surface area contributed by atoms with Gasteiger partial charge in [-0.2, -0.15) is 0 Å². The maximum atomic E-state index is 6.08. The molecule has 0 radical (unpaired) electrons. The molecule has 0 aliphatic carbocycles. The highest BCUT2D eigenvalue weighted by Gasteiger charge is 2.09. The number of benzene rings is 1. The van der Waals surface area contributed by atoms with Crippen LogP contribution in [0.5, 0.6) is 5.75 Å². The lowest BCUT2D eigenvalue weighted by molar-refractivity contribution is 0.344. The van der Waals surface area contributed by atoms with Gasteiger partial charge < -0.3 is 4.74 Å². The Balaban J connectivity index is 2.70. The van der Waals surface area contributed by atoms with E-state index in [9.17, 15) is 0 Å². The van der Waals surface area contributed by atoms with Gasteiger partial charge in [-0.05, 0) is 19.1 Å². The molecule has 0 amide bonds. The number of halogens is 2. The van der Waals surface area contributed by atoms with Crippen LogP contribution in [-0.4, -0.2) is 6.61 Å². The van der Waals surface area contributed by atoms with Crippen molar-refractivity contribution in [2.75, 3.05) is 6.61 Å². The molecule has 0 unspecified atom stereocenters. The van der Waals surface area contributed by atoms with E-state index < -0.39 is 0 Å². The normalized spacial score (nSPS) is 10.8. The summed E-state index contributed by atoms with van der Waals surface area (Å²) in [6.45, 7) is 2.62. The first-order valence-corrected chi connectivity index (χ1v) is 6.26. The molecule has 1 nitrogen and oxygen atoms in total. The summed E-state index contributed by atoms with van der Waals surface area (Å²) < 4.78 is 7.70. The minimum Gasteiger partial charge on any atom is -0.493 e. The van der Waals surface area contributed by atoms with Crippen molar-refractivity contribution >= 4 is 49.0 Å². The van der Waals surface area contributed by atoms with E-state index in [1.165, 1.54) is 0 Å². The van der Waals surface area contributed by atoms with Gasteiger partial charge >= 0.3 is 0 Å². The Morgan fingerprint density at radius 2 is 2.29 bits per heavy atom. The predicted molar refractivity (Wildman–Crippen MR) is 65.7 cm³/mol. The largest absolute Gasteiger partial charge is 0.493 e. The number of rotatable bonds is 2. The SMILES string of the molecule is CCOc1cc(Br)cc2scc(Cl)c12. The van der Waals surface area contributed by atoms with Crippen molar-refractivity contribution in [1.82, 2.24) is 0 Å².